The lowest BCUT2D eigenvalue weighted by Crippen LogP contribution is -2.49. The molecule has 1 aliphatic rings. The highest BCUT2D eigenvalue weighted by Gasteiger charge is 2.21. The molecule has 1 aromatic heterocycles. The lowest BCUT2D eigenvalue weighted by atomic mass is 10.0. The van der Waals surface area contributed by atoms with Gasteiger partial charge in [0, 0.05) is 25.0 Å². The van der Waals surface area contributed by atoms with Crippen LogP contribution in [0.4, 0.5) is 0 Å². The van der Waals surface area contributed by atoms with Crippen molar-refractivity contribution in [1.29, 1.82) is 0 Å². The van der Waals surface area contributed by atoms with Crippen LogP contribution in [0.1, 0.15) is 26.2 Å². The Balaban J connectivity index is 0.00000162. The summed E-state index contributed by atoms with van der Waals surface area (Å²) in [6, 6.07) is 0.120. The number of aromatic nitrogens is 2. The highest BCUT2D eigenvalue weighted by Crippen LogP contribution is 2.07. The Morgan fingerprint density at radius 2 is 2.32 bits per heavy atom. The molecule has 1 aromatic rings. The van der Waals surface area contributed by atoms with E-state index in [4.69, 9.17) is 0 Å². The zero-order valence-electron chi connectivity index (χ0n) is 11.0. The van der Waals surface area contributed by atoms with Crippen LogP contribution in [0.2, 0.25) is 0 Å². The minimum atomic E-state index is -0.00557. The number of carbonyl (C=O) groups excluding carboxylic acids is 1. The number of hydrogen-bond acceptors (Lipinski definition) is 3. The molecule has 1 saturated heterocycles. The summed E-state index contributed by atoms with van der Waals surface area (Å²) in [5.41, 5.74) is 0. The van der Waals surface area contributed by atoms with Crippen LogP contribution >= 0.6 is 24.8 Å². The number of rotatable bonds is 4. The van der Waals surface area contributed by atoms with Gasteiger partial charge in [-0.3, -0.25) is 4.79 Å². The second kappa shape index (κ2) is 9.18. The summed E-state index contributed by atoms with van der Waals surface area (Å²) in [6.07, 6.45) is 8.68. The number of halogens is 2. The molecule has 2 N–H and O–H groups in total. The first-order valence-electron chi connectivity index (χ1n) is 6.25. The van der Waals surface area contributed by atoms with Gasteiger partial charge < -0.3 is 15.2 Å². The van der Waals surface area contributed by atoms with Crippen LogP contribution in [0.3, 0.4) is 0 Å². The van der Waals surface area contributed by atoms with E-state index in [1.165, 1.54) is 6.42 Å². The van der Waals surface area contributed by atoms with Gasteiger partial charge in [0.1, 0.15) is 0 Å². The fraction of sp³-hybridized carbons (Fsp3) is 0.667. The minimum Gasteiger partial charge on any atom is -0.350 e. The predicted octanol–water partition coefficient (Wildman–Crippen LogP) is 1.37. The lowest BCUT2D eigenvalue weighted by molar-refractivity contribution is -0.124. The summed E-state index contributed by atoms with van der Waals surface area (Å²) in [4.78, 5) is 15.9. The number of hydrogen-bond donors (Lipinski definition) is 2. The third-order valence-electron chi connectivity index (χ3n) is 3.06. The Labute approximate surface area is 126 Å². The maximum atomic E-state index is 11.9. The van der Waals surface area contributed by atoms with Gasteiger partial charge in [0.15, 0.2) is 0 Å². The number of imidazole rings is 1. The average molecular weight is 309 g/mol. The predicted molar refractivity (Wildman–Crippen MR) is 80.0 cm³/mol. The van der Waals surface area contributed by atoms with Gasteiger partial charge in [0.05, 0.1) is 12.4 Å². The molecule has 1 unspecified atom stereocenters. The quantitative estimate of drug-likeness (QED) is 0.883. The molecule has 0 bridgehead atoms. The second-order valence-corrected chi connectivity index (χ2v) is 4.67. The molecule has 7 heteroatoms. The smallest absolute Gasteiger partial charge is 0.237 e. The molecule has 1 fully saturated rings. The van der Waals surface area contributed by atoms with Gasteiger partial charge in [-0.1, -0.05) is 6.42 Å². The molecule has 19 heavy (non-hydrogen) atoms. The molecule has 2 rings (SSSR count). The molecular weight excluding hydrogens is 287 g/mol. The van der Waals surface area contributed by atoms with Crippen LogP contribution in [0.15, 0.2) is 18.7 Å². The van der Waals surface area contributed by atoms with Gasteiger partial charge in [-0.2, -0.15) is 0 Å². The Morgan fingerprint density at radius 3 is 2.89 bits per heavy atom. The molecule has 0 spiro atoms. The first kappa shape index (κ1) is 18.2. The molecule has 0 aliphatic carbocycles. The van der Waals surface area contributed by atoms with Crippen LogP contribution in [-0.4, -0.2) is 34.1 Å². The second-order valence-electron chi connectivity index (χ2n) is 4.67. The molecule has 0 aromatic carbocycles. The van der Waals surface area contributed by atoms with Crippen LogP contribution < -0.4 is 10.6 Å². The molecule has 5 nitrogen and oxygen atoms in total. The molecule has 110 valence electrons. The van der Waals surface area contributed by atoms with E-state index < -0.39 is 0 Å². The SMILES string of the molecule is CC(Cn1ccnc1)NC(=O)[C@@H]1CCCCN1.Cl.Cl. The fourth-order valence-corrected chi connectivity index (χ4v) is 2.18. The molecular formula is C12H22Cl2N4O. The number of piperidine rings is 1. The maximum Gasteiger partial charge on any atom is 0.237 e. The van der Waals surface area contributed by atoms with Crippen molar-refractivity contribution < 1.29 is 4.79 Å². The Morgan fingerprint density at radius 1 is 1.53 bits per heavy atom. The minimum absolute atomic E-state index is 0. The van der Waals surface area contributed by atoms with Gasteiger partial charge in [-0.05, 0) is 26.3 Å². The van der Waals surface area contributed by atoms with Crippen molar-refractivity contribution in [2.75, 3.05) is 6.54 Å². The topological polar surface area (TPSA) is 59.0 Å². The van der Waals surface area contributed by atoms with Crippen molar-refractivity contribution in [1.82, 2.24) is 20.2 Å². The number of amides is 1. The summed E-state index contributed by atoms with van der Waals surface area (Å²) in [5.74, 6) is 0.123. The normalized spacial score (nSPS) is 19.7. The van der Waals surface area contributed by atoms with Crippen molar-refractivity contribution >= 4 is 30.7 Å². The highest BCUT2D eigenvalue weighted by molar-refractivity contribution is 5.85. The zero-order chi connectivity index (χ0) is 12.1. The molecule has 1 amide bonds. The zero-order valence-corrected chi connectivity index (χ0v) is 12.7. The fourth-order valence-electron chi connectivity index (χ4n) is 2.18. The van der Waals surface area contributed by atoms with Gasteiger partial charge in [-0.15, -0.1) is 24.8 Å². The molecule has 2 atom stereocenters. The average Bonchev–Trinajstić information content (AvgIpc) is 2.82. The Kier molecular flexibility index (Phi) is 8.80. The number of carbonyl (C=O) groups is 1. The standard InChI is InChI=1S/C12H20N4O.2ClH/c1-10(8-16-7-6-13-9-16)15-12(17)11-4-2-3-5-14-11;;/h6-7,9-11,14H,2-5,8H2,1H3,(H,15,17);2*1H/t10?,11-;;/m0../s1. The monoisotopic (exact) mass is 308 g/mol. The first-order valence-corrected chi connectivity index (χ1v) is 6.25. The van der Waals surface area contributed by atoms with Crippen LogP contribution in [0.25, 0.3) is 0 Å². The van der Waals surface area contributed by atoms with Crippen molar-refractivity contribution in [3.63, 3.8) is 0 Å². The van der Waals surface area contributed by atoms with E-state index >= 15 is 0 Å². The van der Waals surface area contributed by atoms with E-state index in [9.17, 15) is 4.79 Å². The van der Waals surface area contributed by atoms with Crippen LogP contribution in [0, 0.1) is 0 Å². The highest BCUT2D eigenvalue weighted by atomic mass is 35.5. The first-order chi connectivity index (χ1) is 8.25. The van der Waals surface area contributed by atoms with Crippen LogP contribution in [-0.2, 0) is 11.3 Å². The van der Waals surface area contributed by atoms with Gasteiger partial charge in [0.2, 0.25) is 5.91 Å². The van der Waals surface area contributed by atoms with E-state index in [1.54, 1.807) is 12.5 Å². The summed E-state index contributed by atoms with van der Waals surface area (Å²) >= 11 is 0. The molecule has 1 aliphatic heterocycles. The number of nitrogens with one attached hydrogen (secondary N) is 2. The summed E-state index contributed by atoms with van der Waals surface area (Å²) in [5, 5.41) is 6.29. The Bertz CT molecular complexity index is 353. The third kappa shape index (κ3) is 5.80. The van der Waals surface area contributed by atoms with Gasteiger partial charge in [0.25, 0.3) is 0 Å². The largest absolute Gasteiger partial charge is 0.350 e. The molecule has 0 saturated carbocycles. The van der Waals surface area contributed by atoms with Crippen LogP contribution in [0.5, 0.6) is 0 Å². The van der Waals surface area contributed by atoms with E-state index in [-0.39, 0.29) is 42.8 Å². The van der Waals surface area contributed by atoms with Crippen molar-refractivity contribution in [2.45, 2.75) is 44.8 Å². The van der Waals surface area contributed by atoms with Crippen molar-refractivity contribution in [3.8, 4) is 0 Å². The maximum absolute atomic E-state index is 11.9. The van der Waals surface area contributed by atoms with E-state index in [1.807, 2.05) is 17.7 Å². The van der Waals surface area contributed by atoms with Gasteiger partial charge >= 0.3 is 0 Å². The van der Waals surface area contributed by atoms with E-state index in [0.29, 0.717) is 0 Å². The number of nitrogens with zero attached hydrogens (tertiary/aromatic N) is 2. The van der Waals surface area contributed by atoms with Crippen molar-refractivity contribution in [2.24, 2.45) is 0 Å². The van der Waals surface area contributed by atoms with E-state index in [2.05, 4.69) is 15.6 Å². The molecule has 2 heterocycles. The summed E-state index contributed by atoms with van der Waals surface area (Å²) < 4.78 is 1.97. The van der Waals surface area contributed by atoms with Crippen molar-refractivity contribution in [3.05, 3.63) is 18.7 Å². The summed E-state index contributed by atoms with van der Waals surface area (Å²) in [6.45, 7) is 3.73. The van der Waals surface area contributed by atoms with E-state index in [0.717, 1.165) is 25.9 Å². The third-order valence-corrected chi connectivity index (χ3v) is 3.06. The Hall–Kier alpha value is -0.780. The molecule has 0 radical (unpaired) electrons. The summed E-state index contributed by atoms with van der Waals surface area (Å²) in [7, 11) is 0. The lowest BCUT2D eigenvalue weighted by Gasteiger charge is -2.24. The van der Waals surface area contributed by atoms with Gasteiger partial charge in [-0.25, -0.2) is 4.98 Å².